The summed E-state index contributed by atoms with van der Waals surface area (Å²) in [6.07, 6.45) is 0. The summed E-state index contributed by atoms with van der Waals surface area (Å²) in [6.45, 7) is 3.87. The minimum Gasteiger partial charge on any atom is -0.496 e. The van der Waals surface area contributed by atoms with E-state index >= 15 is 0 Å². The Labute approximate surface area is 214 Å². The van der Waals surface area contributed by atoms with E-state index in [-0.39, 0.29) is 5.88 Å². The summed E-state index contributed by atoms with van der Waals surface area (Å²) in [6, 6.07) is 22.7. The van der Waals surface area contributed by atoms with Gasteiger partial charge in [-0.3, -0.25) is 10.00 Å². The molecule has 0 amide bonds. The Kier molecular flexibility index (Phi) is 6.01. The molecule has 1 unspecified atom stereocenters. The van der Waals surface area contributed by atoms with Gasteiger partial charge in [0.25, 0.3) is 0 Å². The van der Waals surface area contributed by atoms with Gasteiger partial charge in [-0.2, -0.15) is 5.26 Å². The van der Waals surface area contributed by atoms with Crippen LogP contribution in [-0.4, -0.2) is 48.5 Å². The van der Waals surface area contributed by atoms with Crippen LogP contribution in [0.25, 0.3) is 22.0 Å². The number of nitrogens with zero attached hydrogens (tertiary/aromatic N) is 3. The van der Waals surface area contributed by atoms with Crippen LogP contribution in [-0.2, 0) is 11.3 Å². The average Bonchev–Trinajstić information content (AvgIpc) is 3.35. The largest absolute Gasteiger partial charge is 0.496 e. The number of nitrogens with two attached hydrogens (primary N) is 1. The number of rotatable bonds is 5. The zero-order chi connectivity index (χ0) is 25.4. The molecule has 0 saturated carbocycles. The van der Waals surface area contributed by atoms with Crippen LogP contribution < -0.4 is 15.2 Å². The number of aromatic nitrogens is 2. The van der Waals surface area contributed by atoms with E-state index in [1.54, 1.807) is 7.11 Å². The minimum absolute atomic E-state index is 0.0708. The van der Waals surface area contributed by atoms with Gasteiger partial charge in [0.05, 0.1) is 37.5 Å². The number of methoxy groups -OCH3 is 1. The maximum Gasteiger partial charge on any atom is 0.244 e. The molecule has 0 spiro atoms. The third-order valence-electron chi connectivity index (χ3n) is 7.13. The molecule has 4 aromatic rings. The zero-order valence-corrected chi connectivity index (χ0v) is 20.5. The summed E-state index contributed by atoms with van der Waals surface area (Å²) in [7, 11) is 1.68. The molecule has 1 atom stereocenters. The van der Waals surface area contributed by atoms with E-state index < -0.39 is 5.92 Å². The highest BCUT2D eigenvalue weighted by atomic mass is 16.5. The summed E-state index contributed by atoms with van der Waals surface area (Å²) >= 11 is 0. The number of nitriles is 1. The molecule has 37 heavy (non-hydrogen) atoms. The van der Waals surface area contributed by atoms with Crippen LogP contribution in [0.15, 0.2) is 72.1 Å². The molecule has 8 heteroatoms. The Morgan fingerprint density at radius 3 is 2.76 bits per heavy atom. The fraction of sp³-hybridized carbons (Fsp3) is 0.241. The highest BCUT2D eigenvalue weighted by Gasteiger charge is 2.36. The number of hydrogen-bond donors (Lipinski definition) is 2. The first kappa shape index (κ1) is 23.1. The van der Waals surface area contributed by atoms with Gasteiger partial charge in [-0.1, -0.05) is 48.5 Å². The van der Waals surface area contributed by atoms with Gasteiger partial charge in [0.1, 0.15) is 17.4 Å². The number of allylic oxidation sites excluding steroid dienone is 1. The quantitative estimate of drug-likeness (QED) is 0.427. The Morgan fingerprint density at radius 2 is 1.95 bits per heavy atom. The summed E-state index contributed by atoms with van der Waals surface area (Å²) in [5.74, 6) is 0.812. The van der Waals surface area contributed by atoms with E-state index in [1.807, 2.05) is 30.3 Å². The van der Waals surface area contributed by atoms with Crippen LogP contribution in [0.2, 0.25) is 0 Å². The third kappa shape index (κ3) is 4.08. The van der Waals surface area contributed by atoms with Gasteiger partial charge in [0, 0.05) is 30.8 Å². The van der Waals surface area contributed by atoms with Crippen LogP contribution >= 0.6 is 0 Å². The monoisotopic (exact) mass is 493 g/mol. The number of benzene rings is 3. The van der Waals surface area contributed by atoms with Crippen LogP contribution in [0.3, 0.4) is 0 Å². The first-order valence-electron chi connectivity index (χ1n) is 12.3. The number of aromatic amines is 1. The number of ether oxygens (including phenoxy) is 3. The lowest BCUT2D eigenvalue weighted by molar-refractivity contribution is 0.0339. The topological polar surface area (TPSA) is 109 Å². The highest BCUT2D eigenvalue weighted by molar-refractivity contribution is 5.97. The smallest absolute Gasteiger partial charge is 0.244 e. The first-order valence-corrected chi connectivity index (χ1v) is 12.3. The second kappa shape index (κ2) is 9.62. The van der Waals surface area contributed by atoms with Crippen molar-refractivity contribution in [1.82, 2.24) is 15.1 Å². The van der Waals surface area contributed by atoms with Crippen molar-refractivity contribution < 1.29 is 14.2 Å². The van der Waals surface area contributed by atoms with Gasteiger partial charge in [-0.05, 0) is 28.5 Å². The fourth-order valence-electron chi connectivity index (χ4n) is 5.33. The highest BCUT2D eigenvalue weighted by Crippen LogP contribution is 2.47. The molecule has 1 aromatic heterocycles. The van der Waals surface area contributed by atoms with Crippen molar-refractivity contribution in [2.75, 3.05) is 33.4 Å². The predicted molar refractivity (Wildman–Crippen MR) is 140 cm³/mol. The van der Waals surface area contributed by atoms with E-state index in [2.05, 4.69) is 51.5 Å². The van der Waals surface area contributed by atoms with Crippen molar-refractivity contribution in [2.45, 2.75) is 12.5 Å². The molecule has 0 bridgehead atoms. The molecule has 0 aliphatic carbocycles. The number of fused-ring (bicyclic) bond motifs is 2. The molecule has 1 saturated heterocycles. The molecule has 1 fully saturated rings. The summed E-state index contributed by atoms with van der Waals surface area (Å²) in [5, 5.41) is 20.0. The Bertz CT molecular complexity index is 1540. The molecular weight excluding hydrogens is 466 g/mol. The zero-order valence-electron chi connectivity index (χ0n) is 20.5. The Balaban J connectivity index is 1.50. The van der Waals surface area contributed by atoms with E-state index in [9.17, 15) is 5.26 Å². The number of hydrogen-bond acceptors (Lipinski definition) is 7. The summed E-state index contributed by atoms with van der Waals surface area (Å²) in [4.78, 5) is 2.34. The van der Waals surface area contributed by atoms with E-state index in [0.29, 0.717) is 24.7 Å². The molecule has 186 valence electrons. The molecule has 3 heterocycles. The van der Waals surface area contributed by atoms with Crippen LogP contribution in [0.1, 0.15) is 22.6 Å². The van der Waals surface area contributed by atoms with Crippen molar-refractivity contribution >= 4 is 10.8 Å². The third-order valence-corrected chi connectivity index (χ3v) is 7.13. The van der Waals surface area contributed by atoms with Crippen LogP contribution in [0.4, 0.5) is 0 Å². The molecular formula is C29H27N5O3. The van der Waals surface area contributed by atoms with Crippen molar-refractivity contribution in [3.63, 3.8) is 0 Å². The second-order valence-electron chi connectivity index (χ2n) is 9.23. The number of morpholine rings is 1. The van der Waals surface area contributed by atoms with Crippen molar-refractivity contribution in [1.29, 1.82) is 5.26 Å². The van der Waals surface area contributed by atoms with Gasteiger partial charge in [-0.25, -0.2) is 0 Å². The van der Waals surface area contributed by atoms with E-state index in [0.717, 1.165) is 64.1 Å². The van der Waals surface area contributed by atoms with E-state index in [1.165, 1.54) is 0 Å². The first-order chi connectivity index (χ1) is 18.2. The van der Waals surface area contributed by atoms with Gasteiger partial charge in [0.2, 0.25) is 11.8 Å². The number of H-pyrrole nitrogens is 1. The van der Waals surface area contributed by atoms with E-state index in [4.69, 9.17) is 19.9 Å². The maximum atomic E-state index is 10.2. The second-order valence-corrected chi connectivity index (χ2v) is 9.23. The molecule has 2 aliphatic rings. The summed E-state index contributed by atoms with van der Waals surface area (Å²) < 4.78 is 17.1. The van der Waals surface area contributed by atoms with Crippen molar-refractivity contribution in [3.8, 4) is 29.0 Å². The van der Waals surface area contributed by atoms with Gasteiger partial charge < -0.3 is 19.9 Å². The van der Waals surface area contributed by atoms with Crippen molar-refractivity contribution in [3.05, 3.63) is 88.8 Å². The van der Waals surface area contributed by atoms with Gasteiger partial charge in [0.15, 0.2) is 0 Å². The minimum atomic E-state index is -0.448. The average molecular weight is 494 g/mol. The van der Waals surface area contributed by atoms with Crippen LogP contribution in [0, 0.1) is 11.3 Å². The van der Waals surface area contributed by atoms with Gasteiger partial charge in [-0.15, -0.1) is 5.10 Å². The maximum absolute atomic E-state index is 10.2. The Morgan fingerprint density at radius 1 is 1.14 bits per heavy atom. The lowest BCUT2D eigenvalue weighted by Gasteiger charge is -2.28. The number of nitrogens with one attached hydrogen (secondary N) is 1. The van der Waals surface area contributed by atoms with Crippen LogP contribution in [0.5, 0.6) is 11.6 Å². The predicted octanol–water partition coefficient (Wildman–Crippen LogP) is 4.29. The molecule has 3 N–H and O–H groups in total. The summed E-state index contributed by atoms with van der Waals surface area (Å²) in [5.41, 5.74) is 11.2. The SMILES string of the molecule is COc1ccc(C2C(C#N)=C(N)Oc3n[nH]c(-c4cccc5ccccc45)c32)cc1CN1CCOCC1. The Hall–Kier alpha value is -4.32. The molecule has 0 radical (unpaired) electrons. The normalized spacial score (nSPS) is 17.8. The molecule has 3 aromatic carbocycles. The standard InChI is InChI=1S/C29H27N5O3/c1-35-24-10-9-19(15-20(24)17-34-11-13-36-14-12-34)25-23(16-30)28(31)37-29-26(25)27(32-33-29)22-8-4-6-18-5-2-3-7-21(18)22/h2-10,15,25H,11-14,17,31H2,1H3,(H,32,33). The fourth-order valence-corrected chi connectivity index (χ4v) is 5.33. The molecule has 8 nitrogen and oxygen atoms in total. The molecule has 6 rings (SSSR count). The van der Waals surface area contributed by atoms with Gasteiger partial charge >= 0.3 is 0 Å². The van der Waals surface area contributed by atoms with Crippen molar-refractivity contribution in [2.24, 2.45) is 5.73 Å². The lowest BCUT2D eigenvalue weighted by atomic mass is 9.82. The molecule has 2 aliphatic heterocycles. The lowest BCUT2D eigenvalue weighted by Crippen LogP contribution is -2.35.